The second-order valence-electron chi connectivity index (χ2n) is 8.39. The van der Waals surface area contributed by atoms with Crippen LogP contribution in [0.2, 0.25) is 0 Å². The molecule has 4 rings (SSSR count). The van der Waals surface area contributed by atoms with Crippen LogP contribution in [-0.4, -0.2) is 59.1 Å². The third-order valence-electron chi connectivity index (χ3n) is 6.12. The minimum atomic E-state index is -0.130. The van der Waals surface area contributed by atoms with Gasteiger partial charge in [0.25, 0.3) is 0 Å². The summed E-state index contributed by atoms with van der Waals surface area (Å²) in [5.41, 5.74) is 4.81. The van der Waals surface area contributed by atoms with Crippen molar-refractivity contribution in [1.82, 2.24) is 19.9 Å². The number of fused-ring (bicyclic) bond motifs is 1. The number of anilines is 1. The van der Waals surface area contributed by atoms with Crippen LogP contribution >= 0.6 is 11.3 Å². The number of rotatable bonds is 6. The summed E-state index contributed by atoms with van der Waals surface area (Å²) in [6.07, 6.45) is 2.55. The highest BCUT2D eigenvalue weighted by Gasteiger charge is 2.38. The van der Waals surface area contributed by atoms with Gasteiger partial charge in [0.2, 0.25) is 5.91 Å². The molecule has 29 heavy (non-hydrogen) atoms. The number of hydrogen-bond acceptors (Lipinski definition) is 7. The highest BCUT2D eigenvalue weighted by molar-refractivity contribution is 7.09. The van der Waals surface area contributed by atoms with Gasteiger partial charge in [-0.3, -0.25) is 14.6 Å². The number of nitrogens with zero attached hydrogens (tertiary/aromatic N) is 5. The summed E-state index contributed by atoms with van der Waals surface area (Å²) in [7, 11) is 1.65. The molecule has 2 aromatic heterocycles. The van der Waals surface area contributed by atoms with Crippen LogP contribution < -0.4 is 4.90 Å². The number of aromatic nitrogens is 3. The molecule has 0 aliphatic carbocycles. The number of aryl methyl sites for hydroxylation is 2. The highest BCUT2D eigenvalue weighted by atomic mass is 32.1. The summed E-state index contributed by atoms with van der Waals surface area (Å²) >= 11 is 1.73. The van der Waals surface area contributed by atoms with Crippen LogP contribution in [0.5, 0.6) is 0 Å². The van der Waals surface area contributed by atoms with Crippen LogP contribution in [0.1, 0.15) is 47.4 Å². The van der Waals surface area contributed by atoms with Crippen LogP contribution in [-0.2, 0) is 27.9 Å². The van der Waals surface area contributed by atoms with Crippen LogP contribution in [0.3, 0.4) is 0 Å². The summed E-state index contributed by atoms with van der Waals surface area (Å²) in [5, 5.41) is 0. The van der Waals surface area contributed by atoms with E-state index >= 15 is 0 Å². The number of thiazole rings is 1. The fraction of sp³-hybridized carbons (Fsp3) is 0.619. The first-order valence-electron chi connectivity index (χ1n) is 10.2. The Morgan fingerprint density at radius 2 is 2.10 bits per heavy atom. The second-order valence-corrected chi connectivity index (χ2v) is 9.32. The molecule has 7 nitrogen and oxygen atoms in total. The Labute approximate surface area is 176 Å². The van der Waals surface area contributed by atoms with Crippen molar-refractivity contribution < 1.29 is 9.53 Å². The van der Waals surface area contributed by atoms with E-state index in [2.05, 4.69) is 23.7 Å². The highest BCUT2D eigenvalue weighted by Crippen LogP contribution is 2.36. The Hall–Kier alpha value is -1.90. The Bertz CT molecular complexity index is 914. The molecule has 4 heterocycles. The smallest absolute Gasteiger partial charge is 0.232 e. The Balaban J connectivity index is 1.60. The lowest BCUT2D eigenvalue weighted by molar-refractivity contribution is -0.117. The van der Waals surface area contributed by atoms with Gasteiger partial charge in [0.1, 0.15) is 11.6 Å². The molecule has 1 fully saturated rings. The van der Waals surface area contributed by atoms with E-state index < -0.39 is 0 Å². The predicted octanol–water partition coefficient (Wildman–Crippen LogP) is 2.64. The zero-order chi connectivity index (χ0) is 20.6. The van der Waals surface area contributed by atoms with Crippen LogP contribution in [0.25, 0.3) is 0 Å². The fourth-order valence-electron chi connectivity index (χ4n) is 4.40. The van der Waals surface area contributed by atoms with Gasteiger partial charge in [-0.15, -0.1) is 11.3 Å². The predicted molar refractivity (Wildman–Crippen MR) is 113 cm³/mol. The van der Waals surface area contributed by atoms with Crippen molar-refractivity contribution in [2.24, 2.45) is 0 Å². The standard InChI is InChI=1S/C21H29N5O2S/c1-14-16-10-18(27)26(8-9-28-4)19(16)24-20(23-14)21(3)6-5-7-25(12-21)11-17-15(2)22-13-29-17/h13H,5-12H2,1-4H3. The van der Waals surface area contributed by atoms with Crippen molar-refractivity contribution in [3.05, 3.63) is 33.2 Å². The van der Waals surface area contributed by atoms with E-state index in [1.54, 1.807) is 23.3 Å². The minimum absolute atomic E-state index is 0.0858. The molecule has 0 spiro atoms. The number of piperidine rings is 1. The number of ether oxygens (including phenoxy) is 1. The van der Waals surface area contributed by atoms with Gasteiger partial charge in [-0.25, -0.2) is 15.0 Å². The zero-order valence-corrected chi connectivity index (χ0v) is 18.5. The van der Waals surface area contributed by atoms with E-state index in [1.807, 2.05) is 12.4 Å². The first kappa shape index (κ1) is 20.4. The molecule has 0 bridgehead atoms. The molecule has 0 N–H and O–H groups in total. The normalized spacial score (nSPS) is 22.3. The number of carbonyl (C=O) groups is 1. The maximum absolute atomic E-state index is 12.5. The zero-order valence-electron chi connectivity index (χ0n) is 17.7. The van der Waals surface area contributed by atoms with Gasteiger partial charge >= 0.3 is 0 Å². The van der Waals surface area contributed by atoms with E-state index in [0.29, 0.717) is 19.6 Å². The molecule has 2 aromatic rings. The fourth-order valence-corrected chi connectivity index (χ4v) is 5.22. The molecule has 0 radical (unpaired) electrons. The van der Waals surface area contributed by atoms with E-state index in [1.165, 1.54) is 4.88 Å². The van der Waals surface area contributed by atoms with E-state index in [0.717, 1.165) is 61.1 Å². The molecule has 2 aliphatic rings. The molecule has 2 aliphatic heterocycles. The lowest BCUT2D eigenvalue weighted by Gasteiger charge is -2.39. The Kier molecular flexibility index (Phi) is 5.68. The van der Waals surface area contributed by atoms with Crippen LogP contribution in [0, 0.1) is 13.8 Å². The molecule has 1 atom stereocenters. The maximum Gasteiger partial charge on any atom is 0.232 e. The molecule has 1 saturated heterocycles. The quantitative estimate of drug-likeness (QED) is 0.722. The van der Waals surface area contributed by atoms with Gasteiger partial charge in [-0.1, -0.05) is 6.92 Å². The van der Waals surface area contributed by atoms with E-state index in [-0.39, 0.29) is 11.3 Å². The average molecular weight is 416 g/mol. The number of methoxy groups -OCH3 is 1. The Morgan fingerprint density at radius 3 is 2.83 bits per heavy atom. The SMILES string of the molecule is COCCN1C(=O)Cc2c(C)nc(C3(C)CCCN(Cc4scnc4C)C3)nc21. The second kappa shape index (κ2) is 8.08. The van der Waals surface area contributed by atoms with Crippen LogP contribution in [0.15, 0.2) is 5.51 Å². The number of amides is 1. The van der Waals surface area contributed by atoms with Gasteiger partial charge in [0.05, 0.1) is 30.8 Å². The molecular weight excluding hydrogens is 386 g/mol. The molecule has 0 aromatic carbocycles. The van der Waals surface area contributed by atoms with Gasteiger partial charge in [0, 0.05) is 41.7 Å². The molecule has 1 unspecified atom stereocenters. The topological polar surface area (TPSA) is 71.5 Å². The largest absolute Gasteiger partial charge is 0.383 e. The third-order valence-corrected chi connectivity index (χ3v) is 7.04. The molecule has 156 valence electrons. The third kappa shape index (κ3) is 3.93. The lowest BCUT2D eigenvalue weighted by Crippen LogP contribution is -2.45. The summed E-state index contributed by atoms with van der Waals surface area (Å²) < 4.78 is 5.19. The van der Waals surface area contributed by atoms with Crippen molar-refractivity contribution in [3.63, 3.8) is 0 Å². The van der Waals surface area contributed by atoms with E-state index in [9.17, 15) is 4.79 Å². The first-order chi connectivity index (χ1) is 13.9. The number of hydrogen-bond donors (Lipinski definition) is 0. The van der Waals surface area contributed by atoms with Crippen molar-refractivity contribution in [2.75, 3.05) is 38.3 Å². The lowest BCUT2D eigenvalue weighted by atomic mass is 9.80. The van der Waals surface area contributed by atoms with Crippen molar-refractivity contribution in [2.45, 2.75) is 52.0 Å². The van der Waals surface area contributed by atoms with Crippen molar-refractivity contribution in [3.8, 4) is 0 Å². The first-order valence-corrected chi connectivity index (χ1v) is 11.1. The molecule has 1 amide bonds. The van der Waals surface area contributed by atoms with E-state index in [4.69, 9.17) is 14.7 Å². The summed E-state index contributed by atoms with van der Waals surface area (Å²) in [5.74, 6) is 1.73. The molecular formula is C21H29N5O2S. The van der Waals surface area contributed by atoms with Crippen LogP contribution in [0.4, 0.5) is 5.82 Å². The van der Waals surface area contributed by atoms with Gasteiger partial charge in [-0.05, 0) is 33.2 Å². The van der Waals surface area contributed by atoms with Gasteiger partial charge in [-0.2, -0.15) is 0 Å². The Morgan fingerprint density at radius 1 is 1.28 bits per heavy atom. The molecule has 0 saturated carbocycles. The maximum atomic E-state index is 12.5. The summed E-state index contributed by atoms with van der Waals surface area (Å²) in [4.78, 5) is 32.3. The average Bonchev–Trinajstić information content (AvgIpc) is 3.23. The minimum Gasteiger partial charge on any atom is -0.383 e. The molecule has 8 heteroatoms. The summed E-state index contributed by atoms with van der Waals surface area (Å²) in [6.45, 7) is 10.3. The van der Waals surface area contributed by atoms with Crippen molar-refractivity contribution in [1.29, 1.82) is 0 Å². The van der Waals surface area contributed by atoms with Gasteiger partial charge in [0.15, 0.2) is 0 Å². The summed E-state index contributed by atoms with van der Waals surface area (Å²) in [6, 6.07) is 0. The number of likely N-dealkylation sites (tertiary alicyclic amines) is 1. The van der Waals surface area contributed by atoms with Gasteiger partial charge < -0.3 is 4.74 Å². The monoisotopic (exact) mass is 415 g/mol. The number of carbonyl (C=O) groups excluding carboxylic acids is 1. The van der Waals surface area contributed by atoms with Crippen molar-refractivity contribution >= 4 is 23.1 Å².